The second-order valence-corrected chi connectivity index (χ2v) is 4.20. The van der Waals surface area contributed by atoms with Gasteiger partial charge in [0.05, 0.1) is 18.4 Å². The number of aryl methyl sites for hydroxylation is 3. The van der Waals surface area contributed by atoms with Crippen LogP contribution in [0, 0.1) is 6.92 Å². The van der Waals surface area contributed by atoms with Crippen LogP contribution in [0.2, 0.25) is 0 Å². The molecule has 2 aromatic heterocycles. The van der Waals surface area contributed by atoms with Crippen LogP contribution in [0.4, 0.5) is 5.82 Å². The van der Waals surface area contributed by atoms with E-state index < -0.39 is 0 Å². The van der Waals surface area contributed by atoms with E-state index in [1.54, 1.807) is 0 Å². The van der Waals surface area contributed by atoms with Crippen molar-refractivity contribution in [2.45, 2.75) is 33.4 Å². The third-order valence-corrected chi connectivity index (χ3v) is 2.80. The van der Waals surface area contributed by atoms with Crippen molar-refractivity contribution >= 4 is 18.2 Å². The number of hydrogen-bond acceptors (Lipinski definition) is 3. The maximum atomic E-state index is 4.30. The van der Waals surface area contributed by atoms with Gasteiger partial charge in [-0.3, -0.25) is 9.36 Å². The van der Waals surface area contributed by atoms with Crippen LogP contribution >= 0.6 is 12.4 Å². The molecule has 2 aromatic rings. The zero-order chi connectivity index (χ0) is 12.3. The Morgan fingerprint density at radius 3 is 2.72 bits per heavy atom. The number of anilines is 1. The van der Waals surface area contributed by atoms with Gasteiger partial charge < -0.3 is 5.32 Å². The van der Waals surface area contributed by atoms with E-state index in [9.17, 15) is 0 Å². The summed E-state index contributed by atoms with van der Waals surface area (Å²) in [6.45, 7) is 5.96. The van der Waals surface area contributed by atoms with Crippen molar-refractivity contribution < 1.29 is 0 Å². The number of hydrogen-bond donors (Lipinski definition) is 1. The van der Waals surface area contributed by atoms with E-state index >= 15 is 0 Å². The summed E-state index contributed by atoms with van der Waals surface area (Å²) in [6.07, 6.45) is 4.81. The van der Waals surface area contributed by atoms with Crippen LogP contribution in [-0.4, -0.2) is 19.6 Å². The van der Waals surface area contributed by atoms with Crippen molar-refractivity contribution in [1.82, 2.24) is 19.6 Å². The standard InChI is InChI=1S/C12H19N5.ClH/c1-4-7-17-11(5-6-14-17)9-13-12-10(2)8-15-16(12)3;/h5-6,8,13H,4,7,9H2,1-3H3;1H. The van der Waals surface area contributed by atoms with Crippen molar-refractivity contribution in [2.24, 2.45) is 7.05 Å². The third-order valence-electron chi connectivity index (χ3n) is 2.80. The fourth-order valence-corrected chi connectivity index (χ4v) is 1.90. The lowest BCUT2D eigenvalue weighted by Crippen LogP contribution is -2.11. The minimum atomic E-state index is 0. The molecule has 0 bridgehead atoms. The lowest BCUT2D eigenvalue weighted by molar-refractivity contribution is 0.577. The Morgan fingerprint density at radius 2 is 2.11 bits per heavy atom. The number of rotatable bonds is 5. The maximum Gasteiger partial charge on any atom is 0.127 e. The van der Waals surface area contributed by atoms with Crippen LogP contribution in [0.25, 0.3) is 0 Å². The van der Waals surface area contributed by atoms with Crippen LogP contribution in [-0.2, 0) is 20.1 Å². The van der Waals surface area contributed by atoms with Gasteiger partial charge in [-0.15, -0.1) is 12.4 Å². The SMILES string of the molecule is CCCn1nccc1CNc1c(C)cnn1C.Cl. The number of aromatic nitrogens is 4. The monoisotopic (exact) mass is 269 g/mol. The molecule has 1 N–H and O–H groups in total. The van der Waals surface area contributed by atoms with Crippen LogP contribution in [0.1, 0.15) is 24.6 Å². The zero-order valence-corrected chi connectivity index (χ0v) is 11.9. The molecule has 100 valence electrons. The summed E-state index contributed by atoms with van der Waals surface area (Å²) in [4.78, 5) is 0. The van der Waals surface area contributed by atoms with Gasteiger partial charge in [-0.1, -0.05) is 6.92 Å². The van der Waals surface area contributed by atoms with Gasteiger partial charge in [0.15, 0.2) is 0 Å². The van der Waals surface area contributed by atoms with E-state index in [0.29, 0.717) is 0 Å². The number of nitrogens with one attached hydrogen (secondary N) is 1. The van der Waals surface area contributed by atoms with E-state index in [0.717, 1.165) is 30.9 Å². The van der Waals surface area contributed by atoms with E-state index in [1.807, 2.05) is 34.9 Å². The van der Waals surface area contributed by atoms with Crippen molar-refractivity contribution in [3.05, 3.63) is 29.7 Å². The van der Waals surface area contributed by atoms with Gasteiger partial charge in [-0.25, -0.2) is 0 Å². The predicted octanol–water partition coefficient (Wildman–Crippen LogP) is 2.37. The minimum Gasteiger partial charge on any atom is -0.364 e. The number of halogens is 1. The van der Waals surface area contributed by atoms with Crippen molar-refractivity contribution in [2.75, 3.05) is 5.32 Å². The number of nitrogens with zero attached hydrogens (tertiary/aromatic N) is 4. The highest BCUT2D eigenvalue weighted by Gasteiger charge is 2.06. The molecule has 0 fully saturated rings. The van der Waals surface area contributed by atoms with Crippen molar-refractivity contribution in [3.63, 3.8) is 0 Å². The van der Waals surface area contributed by atoms with Gasteiger partial charge in [-0.2, -0.15) is 10.2 Å². The first-order chi connectivity index (χ1) is 8.22. The van der Waals surface area contributed by atoms with Crippen LogP contribution in [0.5, 0.6) is 0 Å². The lowest BCUT2D eigenvalue weighted by Gasteiger charge is -2.09. The summed E-state index contributed by atoms with van der Waals surface area (Å²) in [5.41, 5.74) is 2.36. The quantitative estimate of drug-likeness (QED) is 0.907. The first-order valence-corrected chi connectivity index (χ1v) is 5.95. The molecule has 6 heteroatoms. The van der Waals surface area contributed by atoms with Gasteiger partial charge in [-0.05, 0) is 19.4 Å². The Bertz CT molecular complexity index is 469. The molecular formula is C12H20ClN5. The van der Waals surface area contributed by atoms with Gasteiger partial charge in [0, 0.05) is 25.4 Å². The molecule has 0 saturated carbocycles. The second kappa shape index (κ2) is 6.44. The van der Waals surface area contributed by atoms with E-state index in [4.69, 9.17) is 0 Å². The molecule has 0 radical (unpaired) electrons. The molecule has 0 unspecified atom stereocenters. The Morgan fingerprint density at radius 1 is 1.33 bits per heavy atom. The summed E-state index contributed by atoms with van der Waals surface area (Å²) in [5.74, 6) is 1.06. The van der Waals surface area contributed by atoms with Crippen LogP contribution in [0.15, 0.2) is 18.5 Å². The predicted molar refractivity (Wildman–Crippen MR) is 75.0 cm³/mol. The summed E-state index contributed by atoms with van der Waals surface area (Å²) in [7, 11) is 1.94. The maximum absolute atomic E-state index is 4.30. The third kappa shape index (κ3) is 3.04. The second-order valence-electron chi connectivity index (χ2n) is 4.20. The fourth-order valence-electron chi connectivity index (χ4n) is 1.90. The average Bonchev–Trinajstić information content (AvgIpc) is 2.86. The first-order valence-electron chi connectivity index (χ1n) is 5.95. The minimum absolute atomic E-state index is 0. The molecule has 0 saturated heterocycles. The molecule has 0 aliphatic carbocycles. The van der Waals surface area contributed by atoms with Gasteiger partial charge in [0.25, 0.3) is 0 Å². The summed E-state index contributed by atoms with van der Waals surface area (Å²) < 4.78 is 3.90. The molecule has 0 spiro atoms. The van der Waals surface area contributed by atoms with E-state index in [2.05, 4.69) is 29.4 Å². The Hall–Kier alpha value is -1.49. The highest BCUT2D eigenvalue weighted by Crippen LogP contribution is 2.13. The van der Waals surface area contributed by atoms with Crippen LogP contribution < -0.4 is 5.32 Å². The molecule has 0 aliphatic heterocycles. The summed E-state index contributed by atoms with van der Waals surface area (Å²) >= 11 is 0. The first kappa shape index (κ1) is 14.6. The smallest absolute Gasteiger partial charge is 0.127 e. The van der Waals surface area contributed by atoms with E-state index in [1.165, 1.54) is 5.69 Å². The zero-order valence-electron chi connectivity index (χ0n) is 11.1. The lowest BCUT2D eigenvalue weighted by atomic mass is 10.3. The Labute approximate surface area is 114 Å². The molecule has 0 aromatic carbocycles. The Kier molecular flexibility index (Phi) is 5.22. The molecule has 0 amide bonds. The largest absolute Gasteiger partial charge is 0.364 e. The summed E-state index contributed by atoms with van der Waals surface area (Å²) in [6, 6.07) is 2.05. The molecule has 2 heterocycles. The molecule has 0 aliphatic rings. The van der Waals surface area contributed by atoms with Gasteiger partial charge >= 0.3 is 0 Å². The molecule has 18 heavy (non-hydrogen) atoms. The fraction of sp³-hybridized carbons (Fsp3) is 0.500. The Balaban J connectivity index is 0.00000162. The molecular weight excluding hydrogens is 250 g/mol. The topological polar surface area (TPSA) is 47.7 Å². The average molecular weight is 270 g/mol. The molecule has 5 nitrogen and oxygen atoms in total. The molecule has 0 atom stereocenters. The van der Waals surface area contributed by atoms with Crippen molar-refractivity contribution in [3.8, 4) is 0 Å². The van der Waals surface area contributed by atoms with E-state index in [-0.39, 0.29) is 12.4 Å². The van der Waals surface area contributed by atoms with Crippen LogP contribution in [0.3, 0.4) is 0 Å². The highest BCUT2D eigenvalue weighted by atomic mass is 35.5. The normalized spacial score (nSPS) is 10.2. The molecule has 2 rings (SSSR count). The van der Waals surface area contributed by atoms with Gasteiger partial charge in [0.2, 0.25) is 0 Å². The van der Waals surface area contributed by atoms with Gasteiger partial charge in [0.1, 0.15) is 5.82 Å². The highest BCUT2D eigenvalue weighted by molar-refractivity contribution is 5.85. The summed E-state index contributed by atoms with van der Waals surface area (Å²) in [5, 5.41) is 11.9. The van der Waals surface area contributed by atoms with Crippen molar-refractivity contribution in [1.29, 1.82) is 0 Å².